The number of carbonyl (C=O) groups excluding carboxylic acids is 1. The van der Waals surface area contributed by atoms with Gasteiger partial charge in [-0.1, -0.05) is 37.1 Å². The molecule has 4 fully saturated rings. The van der Waals surface area contributed by atoms with Crippen molar-refractivity contribution >= 4 is 33.6 Å². The fourth-order valence-corrected chi connectivity index (χ4v) is 10.1. The Kier molecular flexibility index (Phi) is 7.86. The van der Waals surface area contributed by atoms with Gasteiger partial charge in [0.05, 0.1) is 40.3 Å². The van der Waals surface area contributed by atoms with Crippen LogP contribution in [-0.2, 0) is 11.2 Å². The van der Waals surface area contributed by atoms with E-state index < -0.39 is 28.9 Å². The first-order valence-corrected chi connectivity index (χ1v) is 18.7. The molecule has 7 heterocycles. The third-order valence-electron chi connectivity index (χ3n) is 12.1. The summed E-state index contributed by atoms with van der Waals surface area (Å²) in [7, 11) is 0. The molecule has 2 aromatic heterocycles. The molecule has 0 saturated carbocycles. The molecule has 0 aliphatic carbocycles. The fourth-order valence-electron chi connectivity index (χ4n) is 10.1. The molecule has 5 aliphatic heterocycles. The zero-order valence-corrected chi connectivity index (χ0v) is 30.5. The topological polar surface area (TPSA) is 83.9 Å². The minimum atomic E-state index is -0.938. The highest BCUT2D eigenvalue weighted by Gasteiger charge is 2.53. The van der Waals surface area contributed by atoms with Crippen molar-refractivity contribution in [2.24, 2.45) is 5.92 Å². The number of anilines is 1. The summed E-state index contributed by atoms with van der Waals surface area (Å²) < 4.78 is 59.5. The van der Waals surface area contributed by atoms with Crippen LogP contribution in [0.15, 0.2) is 30.3 Å². The van der Waals surface area contributed by atoms with E-state index in [0.29, 0.717) is 59.2 Å². The Morgan fingerprint density at radius 1 is 1.09 bits per heavy atom. The minimum absolute atomic E-state index is 0.00142. The van der Waals surface area contributed by atoms with E-state index in [0.717, 1.165) is 32.2 Å². The summed E-state index contributed by atoms with van der Waals surface area (Å²) in [6, 6.07) is 7.74. The molecule has 276 valence electrons. The molecule has 9 nitrogen and oxygen atoms in total. The number of nitrogens with zero attached hydrogens (tertiary/aromatic N) is 6. The van der Waals surface area contributed by atoms with E-state index in [9.17, 15) is 9.18 Å². The molecule has 4 saturated heterocycles. The number of piperazine rings is 1. The first-order chi connectivity index (χ1) is 25.4. The monoisotopic (exact) mass is 724 g/mol. The lowest BCUT2D eigenvalue weighted by atomic mass is 9.88. The molecule has 2 aromatic carbocycles. The number of fused-ring (bicyclic) bond motifs is 7. The third kappa shape index (κ3) is 5.40. The SMILES string of the molecule is C#Cc1c(F)ccc2cccc(-c3nc4c5c(nc(OC[C@@]67CCCN6C[C@H](F)C7)nc5c3F)N3C[C@H]5CC[C@@H]([C@@H]3[C@@H](C)C4)N5C(=O)OC(C)(C)C)c12. The van der Waals surface area contributed by atoms with Crippen LogP contribution in [0, 0.1) is 29.9 Å². The summed E-state index contributed by atoms with van der Waals surface area (Å²) in [5, 5.41) is 1.54. The molecule has 0 unspecified atom stereocenters. The molecule has 53 heavy (non-hydrogen) atoms. The quantitative estimate of drug-likeness (QED) is 0.205. The van der Waals surface area contributed by atoms with Gasteiger partial charge in [0.2, 0.25) is 0 Å². The average Bonchev–Trinajstić information content (AvgIpc) is 3.72. The van der Waals surface area contributed by atoms with Gasteiger partial charge in [-0.15, -0.1) is 6.42 Å². The van der Waals surface area contributed by atoms with E-state index in [2.05, 4.69) is 22.6 Å². The summed E-state index contributed by atoms with van der Waals surface area (Å²) >= 11 is 0. The van der Waals surface area contributed by atoms with Crippen molar-refractivity contribution in [1.29, 1.82) is 0 Å². The number of aromatic nitrogens is 3. The molecule has 5 aliphatic rings. The van der Waals surface area contributed by atoms with Crippen LogP contribution >= 0.6 is 0 Å². The molecule has 1 amide bonds. The number of terminal acetylenes is 1. The summed E-state index contributed by atoms with van der Waals surface area (Å²) in [5.74, 6) is 1.66. The lowest BCUT2D eigenvalue weighted by Gasteiger charge is -2.49. The fraction of sp³-hybridized carbons (Fsp3) is 0.512. The van der Waals surface area contributed by atoms with Crippen molar-refractivity contribution in [3.05, 3.63) is 53.2 Å². The zero-order valence-electron chi connectivity index (χ0n) is 30.5. The number of halogens is 3. The van der Waals surface area contributed by atoms with Crippen molar-refractivity contribution in [3.63, 3.8) is 0 Å². The lowest BCUT2D eigenvalue weighted by molar-refractivity contribution is 0.00490. The van der Waals surface area contributed by atoms with Crippen molar-refractivity contribution in [2.75, 3.05) is 31.1 Å². The smallest absolute Gasteiger partial charge is 0.410 e. The highest BCUT2D eigenvalue weighted by atomic mass is 19.1. The number of pyridine rings is 1. The van der Waals surface area contributed by atoms with Crippen LogP contribution in [0.1, 0.15) is 71.1 Å². The van der Waals surface area contributed by atoms with Gasteiger partial charge in [0, 0.05) is 30.5 Å². The molecule has 0 N–H and O–H groups in total. The van der Waals surface area contributed by atoms with Crippen LogP contribution in [-0.4, -0.2) is 92.5 Å². The number of benzene rings is 2. The van der Waals surface area contributed by atoms with Gasteiger partial charge >= 0.3 is 12.1 Å². The predicted octanol–water partition coefficient (Wildman–Crippen LogP) is 7.21. The highest BCUT2D eigenvalue weighted by Crippen LogP contribution is 2.47. The minimum Gasteiger partial charge on any atom is -0.461 e. The van der Waals surface area contributed by atoms with Gasteiger partial charge in [-0.3, -0.25) is 9.80 Å². The van der Waals surface area contributed by atoms with Gasteiger partial charge in [0.25, 0.3) is 0 Å². The first-order valence-electron chi connectivity index (χ1n) is 18.7. The largest absolute Gasteiger partial charge is 0.461 e. The Balaban J connectivity index is 1.22. The molecule has 4 aromatic rings. The molecule has 12 heteroatoms. The van der Waals surface area contributed by atoms with E-state index in [1.54, 1.807) is 18.2 Å². The van der Waals surface area contributed by atoms with Crippen LogP contribution < -0.4 is 9.64 Å². The number of hydrogen-bond donors (Lipinski definition) is 0. The van der Waals surface area contributed by atoms with Crippen LogP contribution in [0.2, 0.25) is 0 Å². The molecule has 0 radical (unpaired) electrons. The Bertz CT molecular complexity index is 2220. The average molecular weight is 725 g/mol. The second-order valence-corrected chi connectivity index (χ2v) is 16.6. The second kappa shape index (κ2) is 12.2. The number of rotatable bonds is 4. The maximum absolute atomic E-state index is 17.4. The van der Waals surface area contributed by atoms with Crippen LogP contribution in [0.5, 0.6) is 6.01 Å². The number of alkyl halides is 1. The molecule has 9 rings (SSSR count). The molecule has 2 bridgehead atoms. The van der Waals surface area contributed by atoms with Crippen LogP contribution in [0.25, 0.3) is 32.9 Å². The third-order valence-corrected chi connectivity index (χ3v) is 12.1. The van der Waals surface area contributed by atoms with Crippen molar-refractivity contribution in [1.82, 2.24) is 24.8 Å². The Hall–Kier alpha value is -4.63. The maximum Gasteiger partial charge on any atom is 0.410 e. The van der Waals surface area contributed by atoms with Gasteiger partial charge in [-0.05, 0) is 76.8 Å². The summed E-state index contributed by atoms with van der Waals surface area (Å²) in [6.07, 6.45) is 8.69. The Morgan fingerprint density at radius 2 is 1.92 bits per heavy atom. The molecule has 0 spiro atoms. The summed E-state index contributed by atoms with van der Waals surface area (Å²) in [4.78, 5) is 34.7. The zero-order chi connectivity index (χ0) is 37.0. The van der Waals surface area contributed by atoms with E-state index in [1.165, 1.54) is 6.07 Å². The Morgan fingerprint density at radius 3 is 2.72 bits per heavy atom. The van der Waals surface area contributed by atoms with E-state index >= 15 is 8.78 Å². The van der Waals surface area contributed by atoms with Gasteiger partial charge in [0.15, 0.2) is 5.82 Å². The van der Waals surface area contributed by atoms with Crippen molar-refractivity contribution in [3.8, 4) is 29.6 Å². The van der Waals surface area contributed by atoms with Gasteiger partial charge in [-0.2, -0.15) is 9.97 Å². The Labute approximate surface area is 306 Å². The second-order valence-electron chi connectivity index (χ2n) is 16.6. The van der Waals surface area contributed by atoms with Crippen LogP contribution in [0.4, 0.5) is 23.8 Å². The molecular formula is C41H43F3N6O3. The first kappa shape index (κ1) is 34.2. The number of carbonyl (C=O) groups is 1. The predicted molar refractivity (Wildman–Crippen MR) is 196 cm³/mol. The van der Waals surface area contributed by atoms with Crippen molar-refractivity contribution < 1.29 is 27.4 Å². The normalized spacial score (nSPS) is 27.8. The van der Waals surface area contributed by atoms with Gasteiger partial charge in [0.1, 0.15) is 41.2 Å². The van der Waals surface area contributed by atoms with E-state index in [-0.39, 0.29) is 59.5 Å². The number of hydrogen-bond acceptors (Lipinski definition) is 8. The number of amides is 1. The summed E-state index contributed by atoms with van der Waals surface area (Å²) in [6.45, 7) is 9.54. The number of ether oxygens (including phenoxy) is 2. The van der Waals surface area contributed by atoms with Gasteiger partial charge in [-0.25, -0.2) is 22.9 Å². The van der Waals surface area contributed by atoms with Crippen LogP contribution in [0.3, 0.4) is 0 Å². The molecular weight excluding hydrogens is 681 g/mol. The van der Waals surface area contributed by atoms with Crippen molar-refractivity contribution in [2.45, 2.75) is 102 Å². The summed E-state index contributed by atoms with van der Waals surface area (Å²) in [5.41, 5.74) is -0.0637. The van der Waals surface area contributed by atoms with E-state index in [4.69, 9.17) is 30.8 Å². The standard InChI is InChI=1S/C41H43F3N6O3/c1-6-26-28(43)13-11-23-9-7-10-27(31(23)26)34-33(44)35-32-29(45-34)17-22(2)36-30-14-12-25(50(30)39(51)53-40(3,4)5)20-49(36)37(32)47-38(46-35)52-21-41-15-8-16-48(41)19-24(42)18-41/h1,7,9-11,13,22,24-25,30,36H,8,12,14-21H2,2-5H3/t22-,24+,25+,30-,36-,41-/m0/s1. The maximum atomic E-state index is 17.4. The molecule has 6 atom stereocenters. The lowest BCUT2D eigenvalue weighted by Crippen LogP contribution is -2.63. The van der Waals surface area contributed by atoms with Gasteiger partial charge < -0.3 is 14.4 Å². The highest BCUT2D eigenvalue weighted by molar-refractivity contribution is 6.03. The van der Waals surface area contributed by atoms with E-state index in [1.807, 2.05) is 31.7 Å².